The Morgan fingerprint density at radius 2 is 2.18 bits per heavy atom. The molecule has 0 aromatic carbocycles. The molecule has 0 N–H and O–H groups in total. The lowest BCUT2D eigenvalue weighted by Crippen LogP contribution is -1.85. The van der Waals surface area contributed by atoms with E-state index in [0.29, 0.717) is 0 Å². The zero-order chi connectivity index (χ0) is 7.84. The van der Waals surface area contributed by atoms with Crippen molar-refractivity contribution < 1.29 is 0 Å². The highest BCUT2D eigenvalue weighted by molar-refractivity contribution is 5.71. The molecule has 2 rings (SSSR count). The maximum atomic E-state index is 4.33. The third-order valence-electron chi connectivity index (χ3n) is 2.34. The van der Waals surface area contributed by atoms with Crippen molar-refractivity contribution in [2.75, 3.05) is 0 Å². The van der Waals surface area contributed by atoms with Crippen LogP contribution >= 0.6 is 0 Å². The van der Waals surface area contributed by atoms with E-state index in [1.165, 1.54) is 22.4 Å². The third kappa shape index (κ3) is 0.881. The Hall–Kier alpha value is -1.11. The maximum Gasteiger partial charge on any atom is 0.0693 e. The highest BCUT2D eigenvalue weighted by Crippen LogP contribution is 2.29. The van der Waals surface area contributed by atoms with E-state index < -0.39 is 0 Å². The van der Waals surface area contributed by atoms with Crippen LogP contribution in [0.3, 0.4) is 0 Å². The van der Waals surface area contributed by atoms with E-state index in [4.69, 9.17) is 0 Å². The van der Waals surface area contributed by atoms with Gasteiger partial charge in [-0.1, -0.05) is 11.6 Å². The van der Waals surface area contributed by atoms with E-state index in [1.807, 2.05) is 12.3 Å². The summed E-state index contributed by atoms with van der Waals surface area (Å²) in [6, 6.07) is 4.16. The summed E-state index contributed by atoms with van der Waals surface area (Å²) in [5, 5.41) is 0. The summed E-state index contributed by atoms with van der Waals surface area (Å²) in [6.07, 6.45) is 2.95. The van der Waals surface area contributed by atoms with Crippen molar-refractivity contribution in [1.82, 2.24) is 4.98 Å². The largest absolute Gasteiger partial charge is 0.256 e. The van der Waals surface area contributed by atoms with Crippen LogP contribution in [-0.2, 0) is 6.42 Å². The highest BCUT2D eigenvalue weighted by atomic mass is 14.7. The second-order valence-corrected chi connectivity index (χ2v) is 3.09. The molecule has 0 atom stereocenters. The molecule has 1 heteroatoms. The zero-order valence-electron chi connectivity index (χ0n) is 6.89. The van der Waals surface area contributed by atoms with E-state index in [0.717, 1.165) is 6.42 Å². The second kappa shape index (κ2) is 2.19. The summed E-state index contributed by atoms with van der Waals surface area (Å²) in [5.74, 6) is 0. The fourth-order valence-electron chi connectivity index (χ4n) is 1.54. The van der Waals surface area contributed by atoms with Crippen LogP contribution in [0.4, 0.5) is 0 Å². The molecule has 0 radical (unpaired) electrons. The molecule has 1 aromatic heterocycles. The summed E-state index contributed by atoms with van der Waals surface area (Å²) >= 11 is 0. The topological polar surface area (TPSA) is 12.9 Å². The van der Waals surface area contributed by atoms with Gasteiger partial charge < -0.3 is 0 Å². The fourth-order valence-corrected chi connectivity index (χ4v) is 1.54. The average molecular weight is 145 g/mol. The normalized spacial score (nSPS) is 15.5. The Kier molecular flexibility index (Phi) is 1.31. The van der Waals surface area contributed by atoms with Gasteiger partial charge >= 0.3 is 0 Å². The lowest BCUT2D eigenvalue weighted by atomic mass is 10.2. The molecule has 0 amide bonds. The number of fused-ring (bicyclic) bond motifs is 1. The number of hydrogen-bond acceptors (Lipinski definition) is 1. The molecule has 1 aromatic rings. The van der Waals surface area contributed by atoms with Crippen LogP contribution in [0.15, 0.2) is 23.9 Å². The van der Waals surface area contributed by atoms with Gasteiger partial charge in [0.1, 0.15) is 0 Å². The van der Waals surface area contributed by atoms with E-state index in [-0.39, 0.29) is 0 Å². The van der Waals surface area contributed by atoms with Gasteiger partial charge in [0.25, 0.3) is 0 Å². The van der Waals surface area contributed by atoms with Gasteiger partial charge in [0.2, 0.25) is 0 Å². The fraction of sp³-hybridized carbons (Fsp3) is 0.300. The Balaban J connectivity index is 2.60. The van der Waals surface area contributed by atoms with Crippen LogP contribution in [0.5, 0.6) is 0 Å². The smallest absolute Gasteiger partial charge is 0.0693 e. The molecule has 0 spiro atoms. The number of allylic oxidation sites excluding steroid dienone is 2. The lowest BCUT2D eigenvalue weighted by Gasteiger charge is -1.96. The molecule has 1 aliphatic rings. The van der Waals surface area contributed by atoms with Crippen LogP contribution < -0.4 is 0 Å². The molecular formula is C10H11N. The average Bonchev–Trinajstić information content (AvgIpc) is 2.30. The van der Waals surface area contributed by atoms with Gasteiger partial charge in [0.15, 0.2) is 0 Å². The van der Waals surface area contributed by atoms with E-state index in [2.05, 4.69) is 24.9 Å². The van der Waals surface area contributed by atoms with Crippen LogP contribution in [0, 0.1) is 0 Å². The van der Waals surface area contributed by atoms with Gasteiger partial charge in [0, 0.05) is 6.20 Å². The first-order valence-corrected chi connectivity index (χ1v) is 3.89. The minimum atomic E-state index is 1.09. The second-order valence-electron chi connectivity index (χ2n) is 3.09. The van der Waals surface area contributed by atoms with Gasteiger partial charge in [0.05, 0.1) is 5.69 Å². The summed E-state index contributed by atoms with van der Waals surface area (Å²) in [5.41, 5.74) is 5.40. The third-order valence-corrected chi connectivity index (χ3v) is 2.34. The number of hydrogen-bond donors (Lipinski definition) is 0. The quantitative estimate of drug-likeness (QED) is 0.546. The standard InChI is InChI=1S/C10H11N/c1-7-6-9-4-3-5-11-10(9)8(7)2/h3-5H,6H2,1-2H3. The molecular weight excluding hydrogens is 134 g/mol. The number of nitrogens with zero attached hydrogens (tertiary/aromatic N) is 1. The highest BCUT2D eigenvalue weighted by Gasteiger charge is 2.14. The van der Waals surface area contributed by atoms with E-state index >= 15 is 0 Å². The molecule has 0 bridgehead atoms. The molecule has 11 heavy (non-hydrogen) atoms. The van der Waals surface area contributed by atoms with Gasteiger partial charge in [-0.3, -0.25) is 4.98 Å². The first-order chi connectivity index (χ1) is 5.29. The minimum absolute atomic E-state index is 1.09. The van der Waals surface area contributed by atoms with Crippen molar-refractivity contribution >= 4 is 5.57 Å². The van der Waals surface area contributed by atoms with Crippen LogP contribution in [0.2, 0.25) is 0 Å². The number of aromatic nitrogens is 1. The van der Waals surface area contributed by atoms with Gasteiger partial charge in [-0.15, -0.1) is 0 Å². The first-order valence-electron chi connectivity index (χ1n) is 3.89. The maximum absolute atomic E-state index is 4.33. The molecule has 1 aliphatic carbocycles. The summed E-state index contributed by atoms with van der Waals surface area (Å²) in [7, 11) is 0. The molecule has 0 unspecified atom stereocenters. The van der Waals surface area contributed by atoms with Crippen molar-refractivity contribution in [2.24, 2.45) is 0 Å². The summed E-state index contributed by atoms with van der Waals surface area (Å²) in [6.45, 7) is 4.32. The van der Waals surface area contributed by atoms with Gasteiger partial charge in [-0.05, 0) is 37.5 Å². The minimum Gasteiger partial charge on any atom is -0.256 e. The lowest BCUT2D eigenvalue weighted by molar-refractivity contribution is 1.16. The predicted octanol–water partition coefficient (Wildman–Crippen LogP) is 2.43. The van der Waals surface area contributed by atoms with Gasteiger partial charge in [-0.2, -0.15) is 0 Å². The molecule has 56 valence electrons. The molecule has 0 saturated heterocycles. The van der Waals surface area contributed by atoms with Crippen molar-refractivity contribution in [2.45, 2.75) is 20.3 Å². The SMILES string of the molecule is CC1=C(C)c2ncccc2C1. The van der Waals surface area contributed by atoms with Crippen LogP contribution in [0.25, 0.3) is 5.57 Å². The Morgan fingerprint density at radius 1 is 1.36 bits per heavy atom. The van der Waals surface area contributed by atoms with Crippen molar-refractivity contribution in [3.8, 4) is 0 Å². The predicted molar refractivity (Wildman–Crippen MR) is 46.2 cm³/mol. The molecule has 0 saturated carbocycles. The molecule has 1 nitrogen and oxygen atoms in total. The van der Waals surface area contributed by atoms with Gasteiger partial charge in [-0.25, -0.2) is 0 Å². The monoisotopic (exact) mass is 145 g/mol. The van der Waals surface area contributed by atoms with Crippen molar-refractivity contribution in [3.05, 3.63) is 35.2 Å². The van der Waals surface area contributed by atoms with Crippen molar-refractivity contribution in [1.29, 1.82) is 0 Å². The van der Waals surface area contributed by atoms with Crippen LogP contribution in [0.1, 0.15) is 25.1 Å². The molecule has 0 aliphatic heterocycles. The molecule has 0 fully saturated rings. The molecule has 1 heterocycles. The van der Waals surface area contributed by atoms with Crippen molar-refractivity contribution in [3.63, 3.8) is 0 Å². The zero-order valence-corrected chi connectivity index (χ0v) is 6.89. The Bertz CT molecular complexity index is 323. The first kappa shape index (κ1) is 6.59. The Labute approximate surface area is 66.8 Å². The van der Waals surface area contributed by atoms with E-state index in [9.17, 15) is 0 Å². The van der Waals surface area contributed by atoms with Crippen LogP contribution in [-0.4, -0.2) is 4.98 Å². The van der Waals surface area contributed by atoms with E-state index in [1.54, 1.807) is 0 Å². The summed E-state index contributed by atoms with van der Waals surface area (Å²) < 4.78 is 0. The Morgan fingerprint density at radius 3 is 2.91 bits per heavy atom. The number of rotatable bonds is 0. The summed E-state index contributed by atoms with van der Waals surface area (Å²) in [4.78, 5) is 4.33. The number of pyridine rings is 1.